The van der Waals surface area contributed by atoms with Crippen molar-refractivity contribution in [3.8, 4) is 0 Å². The maximum absolute atomic E-state index is 13.2. The predicted molar refractivity (Wildman–Crippen MR) is 118 cm³/mol. The molecule has 0 saturated carbocycles. The molecule has 3 atom stereocenters. The van der Waals surface area contributed by atoms with Crippen LogP contribution in [0.2, 0.25) is 0 Å². The van der Waals surface area contributed by atoms with Gasteiger partial charge in [-0.15, -0.1) is 0 Å². The van der Waals surface area contributed by atoms with Gasteiger partial charge in [-0.1, -0.05) is 37.3 Å². The van der Waals surface area contributed by atoms with Crippen LogP contribution in [0.25, 0.3) is 0 Å². The summed E-state index contributed by atoms with van der Waals surface area (Å²) in [6.07, 6.45) is 6.88. The molecule has 0 spiro atoms. The lowest BCUT2D eigenvalue weighted by atomic mass is 9.93. The van der Waals surface area contributed by atoms with E-state index in [1.807, 2.05) is 42.2 Å². The van der Waals surface area contributed by atoms with Crippen LogP contribution in [-0.2, 0) is 21.8 Å². The third kappa shape index (κ3) is 4.36. The molecule has 3 heterocycles. The normalized spacial score (nSPS) is 24.4. The van der Waals surface area contributed by atoms with Crippen LogP contribution in [0.15, 0.2) is 64.8 Å². The Labute approximate surface area is 182 Å². The summed E-state index contributed by atoms with van der Waals surface area (Å²) in [5, 5.41) is 0.0502. The maximum atomic E-state index is 13.2. The van der Waals surface area contributed by atoms with Crippen molar-refractivity contribution in [2.45, 2.75) is 36.5 Å². The zero-order valence-electron chi connectivity index (χ0n) is 17.7. The SMILES string of the molecule is CCCOC1=CC(N)N([C@H]2CN(S(=O)(=O)c3cn(C)cn3)C[C@@H]2c2ccccc2)C=N1. The van der Waals surface area contributed by atoms with Gasteiger partial charge in [0.1, 0.15) is 6.17 Å². The Balaban J connectivity index is 1.62. The van der Waals surface area contributed by atoms with Crippen molar-refractivity contribution in [2.24, 2.45) is 17.8 Å². The fraction of sp³-hybridized carbons (Fsp3) is 0.429. The van der Waals surface area contributed by atoms with Gasteiger partial charge in [0.15, 0.2) is 5.03 Å². The first-order valence-electron chi connectivity index (χ1n) is 10.3. The minimum atomic E-state index is -3.72. The molecule has 1 aromatic carbocycles. The highest BCUT2D eigenvalue weighted by atomic mass is 32.2. The summed E-state index contributed by atoms with van der Waals surface area (Å²) in [4.78, 5) is 10.4. The van der Waals surface area contributed by atoms with Gasteiger partial charge in [-0.25, -0.2) is 18.4 Å². The minimum Gasteiger partial charge on any atom is -0.478 e. The molecule has 9 nitrogen and oxygen atoms in total. The quantitative estimate of drug-likeness (QED) is 0.693. The summed E-state index contributed by atoms with van der Waals surface area (Å²) in [5.41, 5.74) is 7.48. The van der Waals surface area contributed by atoms with E-state index < -0.39 is 16.2 Å². The zero-order valence-corrected chi connectivity index (χ0v) is 18.5. The predicted octanol–water partition coefficient (Wildman–Crippen LogP) is 1.47. The van der Waals surface area contributed by atoms with Crippen molar-refractivity contribution in [1.82, 2.24) is 18.8 Å². The molecule has 2 aliphatic heterocycles. The van der Waals surface area contributed by atoms with E-state index in [-0.39, 0.29) is 23.5 Å². The largest absolute Gasteiger partial charge is 0.478 e. The molecule has 0 aliphatic carbocycles. The Hall–Kier alpha value is -2.69. The number of aliphatic imine (C=N–C) groups is 1. The molecule has 10 heteroatoms. The van der Waals surface area contributed by atoms with Crippen LogP contribution < -0.4 is 5.73 Å². The van der Waals surface area contributed by atoms with Gasteiger partial charge in [0.05, 0.1) is 25.3 Å². The van der Waals surface area contributed by atoms with Crippen LogP contribution in [0.4, 0.5) is 0 Å². The van der Waals surface area contributed by atoms with Crippen LogP contribution in [0.1, 0.15) is 24.8 Å². The monoisotopic (exact) mass is 444 g/mol. The number of rotatable bonds is 7. The standard InChI is InChI=1S/C21H28N6O3S/c1-3-9-30-20-10-19(22)27(15-23-20)18-12-26(11-17(18)16-7-5-4-6-8-16)31(28,29)21-13-25(2)14-24-21/h4-8,10,13-15,17-19H,3,9,11-12,22H2,1-2H3/t17-,18+,19?/m1/s1. The summed E-state index contributed by atoms with van der Waals surface area (Å²) < 4.78 is 35.2. The topological polar surface area (TPSA) is 106 Å². The maximum Gasteiger partial charge on any atom is 0.262 e. The molecule has 0 amide bonds. The van der Waals surface area contributed by atoms with Gasteiger partial charge < -0.3 is 19.9 Å². The number of sulfonamides is 1. The number of imidazole rings is 1. The van der Waals surface area contributed by atoms with Gasteiger partial charge in [0.25, 0.3) is 10.0 Å². The fourth-order valence-corrected chi connectivity index (χ4v) is 5.46. The second-order valence-corrected chi connectivity index (χ2v) is 9.70. The molecule has 1 fully saturated rings. The lowest BCUT2D eigenvalue weighted by molar-refractivity contribution is 0.192. The molecule has 166 valence electrons. The molecule has 1 saturated heterocycles. The molecular weight excluding hydrogens is 416 g/mol. The second-order valence-electron chi connectivity index (χ2n) is 7.82. The molecule has 1 unspecified atom stereocenters. The van der Waals surface area contributed by atoms with Gasteiger partial charge in [0.2, 0.25) is 5.88 Å². The van der Waals surface area contributed by atoms with Crippen molar-refractivity contribution in [3.63, 3.8) is 0 Å². The molecule has 1 aromatic heterocycles. The first-order chi connectivity index (χ1) is 14.9. The van der Waals surface area contributed by atoms with E-state index in [0.717, 1.165) is 12.0 Å². The number of benzene rings is 1. The smallest absolute Gasteiger partial charge is 0.262 e. The fourth-order valence-electron chi connectivity index (χ4n) is 4.01. The van der Waals surface area contributed by atoms with Crippen molar-refractivity contribution >= 4 is 16.4 Å². The van der Waals surface area contributed by atoms with Gasteiger partial charge in [-0.2, -0.15) is 4.31 Å². The van der Waals surface area contributed by atoms with E-state index in [2.05, 4.69) is 9.98 Å². The second kappa shape index (κ2) is 8.81. The minimum absolute atomic E-state index is 0.0502. The van der Waals surface area contributed by atoms with Gasteiger partial charge in [0, 0.05) is 38.3 Å². The highest BCUT2D eigenvalue weighted by Gasteiger charge is 2.44. The molecule has 4 rings (SSSR count). The molecule has 31 heavy (non-hydrogen) atoms. The van der Waals surface area contributed by atoms with Crippen molar-refractivity contribution < 1.29 is 13.2 Å². The lowest BCUT2D eigenvalue weighted by Gasteiger charge is -2.36. The molecule has 2 N–H and O–H groups in total. The molecule has 0 radical (unpaired) electrons. The first kappa shape index (κ1) is 21.5. The van der Waals surface area contributed by atoms with E-state index in [1.165, 1.54) is 16.8 Å². The lowest BCUT2D eigenvalue weighted by Crippen LogP contribution is -2.50. The number of nitrogens with zero attached hydrogens (tertiary/aromatic N) is 5. The van der Waals surface area contributed by atoms with Crippen molar-refractivity contribution in [3.05, 3.63) is 60.4 Å². The third-order valence-electron chi connectivity index (χ3n) is 5.58. The first-order valence-corrected chi connectivity index (χ1v) is 11.8. The Kier molecular flexibility index (Phi) is 6.12. The van der Waals surface area contributed by atoms with E-state index in [9.17, 15) is 8.42 Å². The van der Waals surface area contributed by atoms with Crippen LogP contribution >= 0.6 is 0 Å². The van der Waals surface area contributed by atoms with Crippen LogP contribution in [-0.4, -0.2) is 65.4 Å². The average molecular weight is 445 g/mol. The molecule has 2 aliphatic rings. The van der Waals surface area contributed by atoms with E-state index in [4.69, 9.17) is 10.5 Å². The third-order valence-corrected chi connectivity index (χ3v) is 7.30. The summed E-state index contributed by atoms with van der Waals surface area (Å²) >= 11 is 0. The number of hydrogen-bond acceptors (Lipinski definition) is 7. The Morgan fingerprint density at radius 3 is 2.65 bits per heavy atom. The van der Waals surface area contributed by atoms with Crippen LogP contribution in [0, 0.1) is 0 Å². The Bertz CT molecular complexity index is 1070. The van der Waals surface area contributed by atoms with E-state index in [1.54, 1.807) is 24.0 Å². The molecular formula is C21H28N6O3S. The highest BCUT2D eigenvalue weighted by molar-refractivity contribution is 7.89. The zero-order chi connectivity index (χ0) is 22.0. The summed E-state index contributed by atoms with van der Waals surface area (Å²) in [7, 11) is -1.97. The number of nitrogens with two attached hydrogens (primary N) is 1. The van der Waals surface area contributed by atoms with Gasteiger partial charge in [-0.05, 0) is 12.0 Å². The highest BCUT2D eigenvalue weighted by Crippen LogP contribution is 2.35. The Morgan fingerprint density at radius 1 is 1.23 bits per heavy atom. The summed E-state index contributed by atoms with van der Waals surface area (Å²) in [6.45, 7) is 3.23. The number of hydrogen-bond donors (Lipinski definition) is 1. The number of aromatic nitrogens is 2. The van der Waals surface area contributed by atoms with Crippen LogP contribution in [0.5, 0.6) is 0 Å². The Morgan fingerprint density at radius 2 is 2.00 bits per heavy atom. The summed E-state index contributed by atoms with van der Waals surface area (Å²) in [6, 6.07) is 9.74. The molecule has 0 bridgehead atoms. The summed E-state index contributed by atoms with van der Waals surface area (Å²) in [5.74, 6) is 0.432. The van der Waals surface area contributed by atoms with Crippen molar-refractivity contribution in [1.29, 1.82) is 0 Å². The van der Waals surface area contributed by atoms with Crippen molar-refractivity contribution in [2.75, 3.05) is 19.7 Å². The van der Waals surface area contributed by atoms with E-state index >= 15 is 0 Å². The van der Waals surface area contributed by atoms with E-state index in [0.29, 0.717) is 19.0 Å². The number of aryl methyl sites for hydroxylation is 1. The average Bonchev–Trinajstić information content (AvgIpc) is 3.40. The van der Waals surface area contributed by atoms with Gasteiger partial charge in [-0.3, -0.25) is 0 Å². The number of ether oxygens (including phenoxy) is 1. The van der Waals surface area contributed by atoms with Crippen LogP contribution in [0.3, 0.4) is 0 Å². The molecule has 2 aromatic rings. The van der Waals surface area contributed by atoms with Gasteiger partial charge >= 0.3 is 0 Å².